The number of ether oxygens (including phenoxy) is 1. The summed E-state index contributed by atoms with van der Waals surface area (Å²) in [7, 11) is 0. The van der Waals surface area contributed by atoms with Gasteiger partial charge in [0.1, 0.15) is 5.75 Å². The lowest BCUT2D eigenvalue weighted by molar-refractivity contribution is 0.307. The Kier molecular flexibility index (Phi) is 6.35. The van der Waals surface area contributed by atoms with Crippen molar-refractivity contribution < 1.29 is 4.74 Å². The van der Waals surface area contributed by atoms with Crippen molar-refractivity contribution in [2.45, 2.75) is 33.1 Å². The maximum atomic E-state index is 5.94. The topological polar surface area (TPSA) is 9.23 Å². The van der Waals surface area contributed by atoms with Gasteiger partial charge in [0.15, 0.2) is 0 Å². The van der Waals surface area contributed by atoms with Crippen molar-refractivity contribution in [1.82, 2.24) is 0 Å². The minimum Gasteiger partial charge on any atom is -0.494 e. The van der Waals surface area contributed by atoms with Crippen molar-refractivity contribution in [2.24, 2.45) is 0 Å². The van der Waals surface area contributed by atoms with E-state index in [1.165, 1.54) is 27.8 Å². The van der Waals surface area contributed by atoms with Crippen molar-refractivity contribution >= 4 is 11.6 Å². The molecule has 0 aliphatic carbocycles. The van der Waals surface area contributed by atoms with Gasteiger partial charge in [-0.2, -0.15) is 0 Å². The molecule has 26 heavy (non-hydrogen) atoms. The van der Waals surface area contributed by atoms with Gasteiger partial charge in [-0.15, -0.1) is 0 Å². The number of hydrogen-bond donors (Lipinski definition) is 0. The minimum absolute atomic E-state index is 0.747. The van der Waals surface area contributed by atoms with Crippen LogP contribution in [-0.4, -0.2) is 6.61 Å². The van der Waals surface area contributed by atoms with Gasteiger partial charge in [-0.05, 0) is 85.2 Å². The number of halogens is 1. The Morgan fingerprint density at radius 2 is 1.50 bits per heavy atom. The van der Waals surface area contributed by atoms with Crippen molar-refractivity contribution in [3.05, 3.63) is 88.4 Å². The maximum Gasteiger partial charge on any atom is 0.119 e. The second-order valence-corrected chi connectivity index (χ2v) is 7.16. The van der Waals surface area contributed by atoms with Crippen LogP contribution in [0.2, 0.25) is 5.02 Å². The number of unbranched alkanes of at least 4 members (excludes halogenated alkanes) is 1. The second-order valence-electron chi connectivity index (χ2n) is 6.72. The predicted molar refractivity (Wildman–Crippen MR) is 111 cm³/mol. The van der Waals surface area contributed by atoms with E-state index in [4.69, 9.17) is 16.3 Å². The Hall–Kier alpha value is -2.25. The minimum atomic E-state index is 0.747. The fourth-order valence-corrected chi connectivity index (χ4v) is 3.30. The van der Waals surface area contributed by atoms with Crippen LogP contribution in [0.25, 0.3) is 11.1 Å². The molecule has 0 heterocycles. The van der Waals surface area contributed by atoms with Crippen molar-refractivity contribution in [3.8, 4) is 16.9 Å². The van der Waals surface area contributed by atoms with Crippen LogP contribution in [0.3, 0.4) is 0 Å². The van der Waals surface area contributed by atoms with Crippen LogP contribution in [-0.2, 0) is 6.42 Å². The third-order valence-electron chi connectivity index (χ3n) is 4.67. The van der Waals surface area contributed by atoms with Crippen LogP contribution in [0.15, 0.2) is 66.7 Å². The lowest BCUT2D eigenvalue weighted by Crippen LogP contribution is -1.99. The molecule has 0 unspecified atom stereocenters. The SMILES string of the molecule is Cc1ccccc1-c1ccc(OCCCCc2ccc(Cl)cc2)cc1C. The Morgan fingerprint density at radius 3 is 2.23 bits per heavy atom. The monoisotopic (exact) mass is 364 g/mol. The number of hydrogen-bond acceptors (Lipinski definition) is 1. The van der Waals surface area contributed by atoms with Crippen LogP contribution in [0, 0.1) is 13.8 Å². The molecule has 2 heteroatoms. The Morgan fingerprint density at radius 1 is 0.769 bits per heavy atom. The van der Waals surface area contributed by atoms with E-state index in [2.05, 4.69) is 68.4 Å². The van der Waals surface area contributed by atoms with Gasteiger partial charge in [-0.1, -0.05) is 54.1 Å². The lowest BCUT2D eigenvalue weighted by atomic mass is 9.96. The second kappa shape index (κ2) is 8.91. The van der Waals surface area contributed by atoms with Gasteiger partial charge in [-0.3, -0.25) is 0 Å². The predicted octanol–water partition coefficient (Wildman–Crippen LogP) is 7.03. The first kappa shape index (κ1) is 18.5. The Balaban J connectivity index is 1.50. The highest BCUT2D eigenvalue weighted by molar-refractivity contribution is 6.30. The molecule has 0 saturated carbocycles. The molecule has 0 radical (unpaired) electrons. The zero-order chi connectivity index (χ0) is 18.4. The third-order valence-corrected chi connectivity index (χ3v) is 4.93. The van der Waals surface area contributed by atoms with Crippen LogP contribution < -0.4 is 4.74 Å². The van der Waals surface area contributed by atoms with Crippen LogP contribution in [0.4, 0.5) is 0 Å². The molecule has 0 N–H and O–H groups in total. The molecule has 0 fully saturated rings. The van der Waals surface area contributed by atoms with Gasteiger partial charge in [-0.25, -0.2) is 0 Å². The highest BCUT2D eigenvalue weighted by Gasteiger charge is 2.06. The molecular weight excluding hydrogens is 340 g/mol. The maximum absolute atomic E-state index is 5.94. The van der Waals surface area contributed by atoms with Crippen molar-refractivity contribution in [2.75, 3.05) is 6.61 Å². The van der Waals surface area contributed by atoms with Crippen LogP contribution >= 0.6 is 11.6 Å². The molecule has 0 saturated heterocycles. The zero-order valence-corrected chi connectivity index (χ0v) is 16.2. The fraction of sp³-hybridized carbons (Fsp3) is 0.250. The van der Waals surface area contributed by atoms with E-state index in [-0.39, 0.29) is 0 Å². The molecule has 0 atom stereocenters. The standard InChI is InChI=1S/C24H25ClO/c1-18-7-3-4-9-23(18)24-15-14-22(17-19(24)2)26-16-6-5-8-20-10-12-21(25)13-11-20/h3-4,7,9-15,17H,5-6,8,16H2,1-2H3. The van der Waals surface area contributed by atoms with E-state index < -0.39 is 0 Å². The summed E-state index contributed by atoms with van der Waals surface area (Å²) in [6.45, 7) is 5.05. The number of benzene rings is 3. The van der Waals surface area contributed by atoms with E-state index in [1.807, 2.05) is 12.1 Å². The molecule has 3 aromatic carbocycles. The average molecular weight is 365 g/mol. The van der Waals surface area contributed by atoms with Gasteiger partial charge in [0.2, 0.25) is 0 Å². The van der Waals surface area contributed by atoms with Gasteiger partial charge in [0, 0.05) is 5.02 Å². The van der Waals surface area contributed by atoms with E-state index in [1.54, 1.807) is 0 Å². The molecule has 0 aliphatic rings. The summed E-state index contributed by atoms with van der Waals surface area (Å²) in [5, 5.41) is 0.793. The smallest absolute Gasteiger partial charge is 0.119 e. The highest BCUT2D eigenvalue weighted by atomic mass is 35.5. The first-order chi connectivity index (χ1) is 12.6. The molecule has 3 rings (SSSR count). The van der Waals surface area contributed by atoms with Crippen molar-refractivity contribution in [1.29, 1.82) is 0 Å². The van der Waals surface area contributed by atoms with Crippen LogP contribution in [0.1, 0.15) is 29.5 Å². The van der Waals surface area contributed by atoms with E-state index in [9.17, 15) is 0 Å². The van der Waals surface area contributed by atoms with E-state index >= 15 is 0 Å². The first-order valence-corrected chi connectivity index (χ1v) is 9.55. The number of aryl methyl sites for hydroxylation is 3. The van der Waals surface area contributed by atoms with Gasteiger partial charge < -0.3 is 4.74 Å². The highest BCUT2D eigenvalue weighted by Crippen LogP contribution is 2.29. The largest absolute Gasteiger partial charge is 0.494 e. The third kappa shape index (κ3) is 4.89. The van der Waals surface area contributed by atoms with Crippen molar-refractivity contribution in [3.63, 3.8) is 0 Å². The average Bonchev–Trinajstić information content (AvgIpc) is 2.64. The van der Waals surface area contributed by atoms with Crippen LogP contribution in [0.5, 0.6) is 5.75 Å². The summed E-state index contributed by atoms with van der Waals surface area (Å²) in [6.07, 6.45) is 3.22. The normalized spacial score (nSPS) is 10.7. The summed E-state index contributed by atoms with van der Waals surface area (Å²) in [6, 6.07) is 23.0. The molecule has 0 bridgehead atoms. The lowest BCUT2D eigenvalue weighted by Gasteiger charge is -2.12. The van der Waals surface area contributed by atoms with E-state index in [0.717, 1.165) is 36.6 Å². The van der Waals surface area contributed by atoms with Gasteiger partial charge in [0.25, 0.3) is 0 Å². The molecule has 0 amide bonds. The zero-order valence-electron chi connectivity index (χ0n) is 15.5. The Bertz CT molecular complexity index is 852. The molecule has 0 aromatic heterocycles. The molecule has 0 spiro atoms. The summed E-state index contributed by atoms with van der Waals surface area (Å²) in [4.78, 5) is 0. The quantitative estimate of drug-likeness (QED) is 0.409. The Labute approximate surface area is 161 Å². The summed E-state index contributed by atoms with van der Waals surface area (Å²) >= 11 is 5.91. The van der Waals surface area contributed by atoms with Gasteiger partial charge in [0.05, 0.1) is 6.61 Å². The summed E-state index contributed by atoms with van der Waals surface area (Å²) < 4.78 is 5.94. The molecule has 134 valence electrons. The molecule has 1 nitrogen and oxygen atoms in total. The summed E-state index contributed by atoms with van der Waals surface area (Å²) in [5.41, 5.74) is 6.44. The van der Waals surface area contributed by atoms with E-state index in [0.29, 0.717) is 0 Å². The fourth-order valence-electron chi connectivity index (χ4n) is 3.18. The molecule has 3 aromatic rings. The molecule has 0 aliphatic heterocycles. The first-order valence-electron chi connectivity index (χ1n) is 9.17. The molecular formula is C24H25ClO. The summed E-state index contributed by atoms with van der Waals surface area (Å²) in [5.74, 6) is 0.950. The van der Waals surface area contributed by atoms with Gasteiger partial charge >= 0.3 is 0 Å². The number of rotatable bonds is 7.